The Morgan fingerprint density at radius 2 is 2.15 bits per heavy atom. The Bertz CT molecular complexity index is 205. The lowest BCUT2D eigenvalue weighted by atomic mass is 10.0. The molecule has 1 rings (SSSR count). The van der Waals surface area contributed by atoms with Gasteiger partial charge >= 0.3 is 0 Å². The van der Waals surface area contributed by atoms with Crippen LogP contribution in [0.15, 0.2) is 0 Å². The van der Waals surface area contributed by atoms with E-state index in [9.17, 15) is 0 Å². The molecule has 2 nitrogen and oxygen atoms in total. The standard InChI is InChI=1S/C11H19NO/c1-4-11(2,3)13-10-7-5-6-9(10)8-12/h9-10H,4-7H2,1-3H3. The molecule has 1 aliphatic rings. The van der Waals surface area contributed by atoms with Crippen molar-refractivity contribution in [2.45, 2.75) is 58.2 Å². The van der Waals surface area contributed by atoms with Crippen LogP contribution in [0.4, 0.5) is 0 Å². The van der Waals surface area contributed by atoms with Gasteiger partial charge in [0, 0.05) is 0 Å². The van der Waals surface area contributed by atoms with Gasteiger partial charge < -0.3 is 4.74 Å². The van der Waals surface area contributed by atoms with Crippen molar-refractivity contribution in [2.75, 3.05) is 0 Å². The molecular formula is C11H19NO. The maximum Gasteiger partial charge on any atom is 0.0740 e. The quantitative estimate of drug-likeness (QED) is 0.670. The molecule has 0 radical (unpaired) electrons. The van der Waals surface area contributed by atoms with Gasteiger partial charge in [0.05, 0.1) is 23.7 Å². The molecule has 2 unspecified atom stereocenters. The Kier molecular flexibility index (Phi) is 3.33. The lowest BCUT2D eigenvalue weighted by Crippen LogP contribution is -2.31. The highest BCUT2D eigenvalue weighted by atomic mass is 16.5. The van der Waals surface area contributed by atoms with Gasteiger partial charge in [-0.2, -0.15) is 5.26 Å². The summed E-state index contributed by atoms with van der Waals surface area (Å²) in [6.45, 7) is 6.32. The molecule has 1 aliphatic carbocycles. The third-order valence-corrected chi connectivity index (χ3v) is 2.94. The fourth-order valence-electron chi connectivity index (χ4n) is 1.71. The van der Waals surface area contributed by atoms with E-state index in [4.69, 9.17) is 10.00 Å². The van der Waals surface area contributed by atoms with Gasteiger partial charge in [-0.3, -0.25) is 0 Å². The van der Waals surface area contributed by atoms with Crippen LogP contribution in [0.25, 0.3) is 0 Å². The topological polar surface area (TPSA) is 33.0 Å². The number of ether oxygens (including phenoxy) is 1. The normalized spacial score (nSPS) is 28.8. The number of nitriles is 1. The van der Waals surface area contributed by atoms with Crippen LogP contribution < -0.4 is 0 Å². The first-order valence-electron chi connectivity index (χ1n) is 5.16. The summed E-state index contributed by atoms with van der Waals surface area (Å²) in [6, 6.07) is 2.34. The second-order valence-corrected chi connectivity index (χ2v) is 4.44. The van der Waals surface area contributed by atoms with Crippen LogP contribution in [-0.2, 0) is 4.74 Å². The van der Waals surface area contributed by atoms with E-state index in [1.165, 1.54) is 0 Å². The van der Waals surface area contributed by atoms with Crippen molar-refractivity contribution in [3.63, 3.8) is 0 Å². The third-order valence-electron chi connectivity index (χ3n) is 2.94. The Morgan fingerprint density at radius 3 is 2.69 bits per heavy atom. The zero-order valence-corrected chi connectivity index (χ0v) is 8.84. The van der Waals surface area contributed by atoms with E-state index in [1.807, 2.05) is 0 Å². The summed E-state index contributed by atoms with van der Waals surface area (Å²) in [4.78, 5) is 0. The van der Waals surface area contributed by atoms with E-state index < -0.39 is 0 Å². The molecule has 0 aromatic rings. The van der Waals surface area contributed by atoms with Crippen LogP contribution in [0.5, 0.6) is 0 Å². The molecule has 0 aromatic carbocycles. The summed E-state index contributed by atoms with van der Waals surface area (Å²) in [5.41, 5.74) is -0.0654. The number of hydrogen-bond donors (Lipinski definition) is 0. The summed E-state index contributed by atoms with van der Waals surface area (Å²) < 4.78 is 5.93. The summed E-state index contributed by atoms with van der Waals surface area (Å²) >= 11 is 0. The van der Waals surface area contributed by atoms with Gasteiger partial charge in [0.2, 0.25) is 0 Å². The molecule has 1 saturated carbocycles. The fraction of sp³-hybridized carbons (Fsp3) is 0.909. The Balaban J connectivity index is 2.49. The van der Waals surface area contributed by atoms with Crippen molar-refractivity contribution in [1.82, 2.24) is 0 Å². The van der Waals surface area contributed by atoms with Gasteiger partial charge in [-0.1, -0.05) is 6.92 Å². The first-order chi connectivity index (χ1) is 6.09. The van der Waals surface area contributed by atoms with Crippen molar-refractivity contribution in [3.05, 3.63) is 0 Å². The molecule has 1 fully saturated rings. The Hall–Kier alpha value is -0.550. The van der Waals surface area contributed by atoms with Gasteiger partial charge in [-0.05, 0) is 39.5 Å². The molecule has 0 bridgehead atoms. The highest BCUT2D eigenvalue weighted by Gasteiger charge is 2.32. The third kappa shape index (κ3) is 2.70. The smallest absolute Gasteiger partial charge is 0.0740 e. The van der Waals surface area contributed by atoms with Crippen LogP contribution in [0.3, 0.4) is 0 Å². The highest BCUT2D eigenvalue weighted by Crippen LogP contribution is 2.31. The summed E-state index contributed by atoms with van der Waals surface area (Å²) in [7, 11) is 0. The van der Waals surface area contributed by atoms with Crippen molar-refractivity contribution in [1.29, 1.82) is 5.26 Å². The number of hydrogen-bond acceptors (Lipinski definition) is 2. The SMILES string of the molecule is CCC(C)(C)OC1CCCC1C#N. The van der Waals surface area contributed by atoms with Crippen LogP contribution in [0.2, 0.25) is 0 Å². The maximum absolute atomic E-state index is 8.88. The molecule has 0 saturated heterocycles. The largest absolute Gasteiger partial charge is 0.371 e. The predicted octanol–water partition coefficient (Wildman–Crippen LogP) is 2.88. The van der Waals surface area contributed by atoms with Crippen LogP contribution in [0, 0.1) is 17.2 Å². The van der Waals surface area contributed by atoms with Gasteiger partial charge in [0.25, 0.3) is 0 Å². The molecule has 0 aromatic heterocycles. The van der Waals surface area contributed by atoms with Crippen molar-refractivity contribution in [2.24, 2.45) is 5.92 Å². The van der Waals surface area contributed by atoms with E-state index in [2.05, 4.69) is 26.8 Å². The van der Waals surface area contributed by atoms with Crippen LogP contribution in [0.1, 0.15) is 46.5 Å². The molecule has 0 N–H and O–H groups in total. The van der Waals surface area contributed by atoms with E-state index in [1.54, 1.807) is 0 Å². The van der Waals surface area contributed by atoms with Gasteiger partial charge in [-0.25, -0.2) is 0 Å². The lowest BCUT2D eigenvalue weighted by Gasteiger charge is -2.29. The molecule has 0 amide bonds. The van der Waals surface area contributed by atoms with E-state index in [0.29, 0.717) is 0 Å². The first-order valence-corrected chi connectivity index (χ1v) is 5.16. The molecule has 0 aliphatic heterocycles. The average Bonchev–Trinajstić information content (AvgIpc) is 2.51. The minimum Gasteiger partial charge on any atom is -0.371 e. The molecular weight excluding hydrogens is 162 g/mol. The highest BCUT2D eigenvalue weighted by molar-refractivity contribution is 4.94. The van der Waals surface area contributed by atoms with Crippen LogP contribution in [-0.4, -0.2) is 11.7 Å². The zero-order valence-electron chi connectivity index (χ0n) is 8.84. The average molecular weight is 181 g/mol. The maximum atomic E-state index is 8.88. The Morgan fingerprint density at radius 1 is 1.46 bits per heavy atom. The monoisotopic (exact) mass is 181 g/mol. The minimum atomic E-state index is -0.0654. The summed E-state index contributed by atoms with van der Waals surface area (Å²) in [5, 5.41) is 8.88. The van der Waals surface area contributed by atoms with E-state index in [0.717, 1.165) is 25.7 Å². The minimum absolute atomic E-state index is 0.0654. The molecule has 0 heterocycles. The molecule has 74 valence electrons. The fourth-order valence-corrected chi connectivity index (χ4v) is 1.71. The molecule has 2 atom stereocenters. The van der Waals surface area contributed by atoms with E-state index >= 15 is 0 Å². The van der Waals surface area contributed by atoms with Crippen LogP contribution >= 0.6 is 0 Å². The molecule has 2 heteroatoms. The van der Waals surface area contributed by atoms with Crippen molar-refractivity contribution >= 4 is 0 Å². The summed E-state index contributed by atoms with van der Waals surface area (Å²) in [6.07, 6.45) is 4.40. The van der Waals surface area contributed by atoms with Gasteiger partial charge in [0.1, 0.15) is 0 Å². The zero-order chi connectivity index (χ0) is 9.90. The van der Waals surface area contributed by atoms with Crippen molar-refractivity contribution < 1.29 is 4.74 Å². The van der Waals surface area contributed by atoms with E-state index in [-0.39, 0.29) is 17.6 Å². The molecule has 13 heavy (non-hydrogen) atoms. The molecule has 0 spiro atoms. The van der Waals surface area contributed by atoms with Crippen molar-refractivity contribution in [3.8, 4) is 6.07 Å². The number of rotatable bonds is 3. The van der Waals surface area contributed by atoms with Gasteiger partial charge in [-0.15, -0.1) is 0 Å². The second kappa shape index (κ2) is 4.11. The second-order valence-electron chi connectivity index (χ2n) is 4.44. The number of nitrogens with zero attached hydrogens (tertiary/aromatic N) is 1. The first kappa shape index (κ1) is 10.5. The Labute approximate surface area is 80.9 Å². The van der Waals surface area contributed by atoms with Gasteiger partial charge in [0.15, 0.2) is 0 Å². The summed E-state index contributed by atoms with van der Waals surface area (Å²) in [5.74, 6) is 0.130. The lowest BCUT2D eigenvalue weighted by molar-refractivity contribution is -0.0800. The predicted molar refractivity (Wildman–Crippen MR) is 52.2 cm³/mol.